The van der Waals surface area contributed by atoms with Crippen LogP contribution < -0.4 is 10.6 Å². The summed E-state index contributed by atoms with van der Waals surface area (Å²) in [6.07, 6.45) is 1.68. The van der Waals surface area contributed by atoms with E-state index in [-0.39, 0.29) is 11.5 Å². The largest absolute Gasteiger partial charge is 0.478 e. The number of hydrogen-bond acceptors (Lipinski definition) is 4. The van der Waals surface area contributed by atoms with E-state index < -0.39 is 5.97 Å². The standard InChI is InChI=1S/C10H14N2O4/c1-11-9(13)2-4-12-6-8-7(10(14)15)3-5-16-8/h3,5,12H,2,4,6H2,1H3,(H,11,13)(H,14,15). The maximum Gasteiger partial charge on any atom is 0.339 e. The average Bonchev–Trinajstić information content (AvgIpc) is 2.72. The highest BCUT2D eigenvalue weighted by Gasteiger charge is 2.12. The van der Waals surface area contributed by atoms with Crippen molar-refractivity contribution in [2.75, 3.05) is 13.6 Å². The molecule has 0 aliphatic carbocycles. The van der Waals surface area contributed by atoms with Crippen LogP contribution in [0.1, 0.15) is 22.5 Å². The molecule has 0 atom stereocenters. The molecule has 1 heterocycles. The Balaban J connectivity index is 2.34. The molecule has 0 spiro atoms. The lowest BCUT2D eigenvalue weighted by Crippen LogP contribution is -2.24. The molecule has 88 valence electrons. The van der Waals surface area contributed by atoms with Crippen molar-refractivity contribution >= 4 is 11.9 Å². The van der Waals surface area contributed by atoms with E-state index in [9.17, 15) is 9.59 Å². The van der Waals surface area contributed by atoms with Crippen LogP contribution in [-0.2, 0) is 11.3 Å². The molecule has 0 saturated carbocycles. The highest BCUT2D eigenvalue weighted by atomic mass is 16.4. The third-order valence-corrected chi connectivity index (χ3v) is 2.07. The van der Waals surface area contributed by atoms with Gasteiger partial charge in [0.1, 0.15) is 11.3 Å². The SMILES string of the molecule is CNC(=O)CCNCc1occc1C(=O)O. The molecular weight excluding hydrogens is 212 g/mol. The van der Waals surface area contributed by atoms with Crippen molar-refractivity contribution in [3.8, 4) is 0 Å². The number of hydrogen-bond donors (Lipinski definition) is 3. The zero-order valence-electron chi connectivity index (χ0n) is 8.95. The Morgan fingerprint density at radius 2 is 2.25 bits per heavy atom. The van der Waals surface area contributed by atoms with Gasteiger partial charge in [0, 0.05) is 20.0 Å². The van der Waals surface area contributed by atoms with Crippen LogP contribution in [0.5, 0.6) is 0 Å². The maximum atomic E-state index is 10.9. The highest BCUT2D eigenvalue weighted by Crippen LogP contribution is 2.09. The fourth-order valence-electron chi connectivity index (χ4n) is 1.20. The first-order valence-corrected chi connectivity index (χ1v) is 4.86. The van der Waals surface area contributed by atoms with E-state index in [0.29, 0.717) is 25.3 Å². The van der Waals surface area contributed by atoms with Gasteiger partial charge >= 0.3 is 5.97 Å². The van der Waals surface area contributed by atoms with Crippen LogP contribution in [0.15, 0.2) is 16.7 Å². The van der Waals surface area contributed by atoms with Crippen LogP contribution in [0, 0.1) is 0 Å². The topological polar surface area (TPSA) is 91.6 Å². The predicted molar refractivity (Wildman–Crippen MR) is 56.1 cm³/mol. The lowest BCUT2D eigenvalue weighted by molar-refractivity contribution is -0.120. The van der Waals surface area contributed by atoms with Crippen LogP contribution in [0.2, 0.25) is 0 Å². The summed E-state index contributed by atoms with van der Waals surface area (Å²) in [6.45, 7) is 0.769. The Labute approximate surface area is 92.6 Å². The lowest BCUT2D eigenvalue weighted by atomic mass is 10.2. The van der Waals surface area contributed by atoms with Crippen molar-refractivity contribution in [2.24, 2.45) is 0 Å². The molecule has 1 aromatic heterocycles. The molecule has 0 radical (unpaired) electrons. The van der Waals surface area contributed by atoms with E-state index in [2.05, 4.69) is 10.6 Å². The molecule has 6 nitrogen and oxygen atoms in total. The number of carbonyl (C=O) groups is 2. The number of carboxylic acids is 1. The van der Waals surface area contributed by atoms with Gasteiger partial charge in [0.05, 0.1) is 12.8 Å². The molecule has 0 saturated heterocycles. The van der Waals surface area contributed by atoms with Gasteiger partial charge in [-0.15, -0.1) is 0 Å². The van der Waals surface area contributed by atoms with Crippen LogP contribution >= 0.6 is 0 Å². The summed E-state index contributed by atoms with van der Waals surface area (Å²) in [5, 5.41) is 14.2. The normalized spacial score (nSPS) is 10.1. The molecule has 0 aliphatic heterocycles. The van der Waals surface area contributed by atoms with Crippen molar-refractivity contribution < 1.29 is 19.1 Å². The van der Waals surface area contributed by atoms with Crippen molar-refractivity contribution in [1.82, 2.24) is 10.6 Å². The minimum Gasteiger partial charge on any atom is -0.478 e. The first kappa shape index (κ1) is 12.3. The van der Waals surface area contributed by atoms with E-state index in [4.69, 9.17) is 9.52 Å². The number of carboxylic acid groups (broad SMARTS) is 1. The van der Waals surface area contributed by atoms with Crippen molar-refractivity contribution in [2.45, 2.75) is 13.0 Å². The highest BCUT2D eigenvalue weighted by molar-refractivity contribution is 5.88. The van der Waals surface area contributed by atoms with E-state index in [1.54, 1.807) is 7.05 Å². The second-order valence-electron chi connectivity index (χ2n) is 3.16. The number of aromatic carboxylic acids is 1. The summed E-state index contributed by atoms with van der Waals surface area (Å²) in [7, 11) is 1.57. The summed E-state index contributed by atoms with van der Waals surface area (Å²) >= 11 is 0. The Hall–Kier alpha value is -1.82. The van der Waals surface area contributed by atoms with Gasteiger partial charge in [-0.05, 0) is 6.07 Å². The smallest absolute Gasteiger partial charge is 0.339 e. The first-order valence-electron chi connectivity index (χ1n) is 4.86. The van der Waals surface area contributed by atoms with Crippen molar-refractivity contribution in [1.29, 1.82) is 0 Å². The zero-order valence-corrected chi connectivity index (χ0v) is 8.95. The van der Waals surface area contributed by atoms with E-state index >= 15 is 0 Å². The molecule has 0 aliphatic rings. The minimum atomic E-state index is -1.02. The summed E-state index contributed by atoms with van der Waals surface area (Å²) in [5.74, 6) is -0.716. The van der Waals surface area contributed by atoms with E-state index in [1.807, 2.05) is 0 Å². The fourth-order valence-corrected chi connectivity index (χ4v) is 1.20. The molecule has 0 aromatic carbocycles. The lowest BCUT2D eigenvalue weighted by Gasteiger charge is -2.02. The summed E-state index contributed by atoms with van der Waals surface area (Å²) in [5.41, 5.74) is 0.146. The molecule has 16 heavy (non-hydrogen) atoms. The molecule has 0 fully saturated rings. The molecule has 1 rings (SSSR count). The van der Waals surface area contributed by atoms with Crippen LogP contribution in [0.25, 0.3) is 0 Å². The third kappa shape index (κ3) is 3.39. The molecule has 1 aromatic rings. The molecule has 0 bridgehead atoms. The van der Waals surface area contributed by atoms with Crippen LogP contribution in [0.3, 0.4) is 0 Å². The van der Waals surface area contributed by atoms with Gasteiger partial charge in [-0.3, -0.25) is 4.79 Å². The Morgan fingerprint density at radius 1 is 1.50 bits per heavy atom. The Morgan fingerprint density at radius 3 is 2.88 bits per heavy atom. The van der Waals surface area contributed by atoms with E-state index in [1.165, 1.54) is 12.3 Å². The van der Waals surface area contributed by atoms with E-state index in [0.717, 1.165) is 0 Å². The quantitative estimate of drug-likeness (QED) is 0.603. The molecule has 1 amide bonds. The number of rotatable bonds is 6. The number of carbonyl (C=O) groups excluding carboxylic acids is 1. The van der Waals surface area contributed by atoms with Gasteiger partial charge in [0.2, 0.25) is 5.91 Å². The molecule has 6 heteroatoms. The van der Waals surface area contributed by atoms with Gasteiger partial charge in [-0.1, -0.05) is 0 Å². The average molecular weight is 226 g/mol. The predicted octanol–water partition coefficient (Wildman–Crippen LogP) is 0.203. The summed E-state index contributed by atoms with van der Waals surface area (Å²) in [4.78, 5) is 21.6. The van der Waals surface area contributed by atoms with Gasteiger partial charge in [-0.25, -0.2) is 4.79 Å². The zero-order chi connectivity index (χ0) is 12.0. The number of amides is 1. The number of nitrogens with one attached hydrogen (secondary N) is 2. The maximum absolute atomic E-state index is 10.9. The Bertz CT molecular complexity index is 373. The minimum absolute atomic E-state index is 0.0644. The van der Waals surface area contributed by atoms with Crippen molar-refractivity contribution in [3.63, 3.8) is 0 Å². The van der Waals surface area contributed by atoms with Gasteiger partial charge in [-0.2, -0.15) is 0 Å². The second kappa shape index (κ2) is 5.92. The second-order valence-corrected chi connectivity index (χ2v) is 3.16. The van der Waals surface area contributed by atoms with Gasteiger partial charge in [0.15, 0.2) is 0 Å². The third-order valence-electron chi connectivity index (χ3n) is 2.07. The summed E-state index contributed by atoms with van der Waals surface area (Å²) < 4.78 is 5.02. The monoisotopic (exact) mass is 226 g/mol. The molecule has 0 unspecified atom stereocenters. The number of furan rings is 1. The van der Waals surface area contributed by atoms with Crippen LogP contribution in [0.4, 0.5) is 0 Å². The van der Waals surface area contributed by atoms with Crippen LogP contribution in [-0.4, -0.2) is 30.6 Å². The fraction of sp³-hybridized carbons (Fsp3) is 0.400. The van der Waals surface area contributed by atoms with Crippen molar-refractivity contribution in [3.05, 3.63) is 23.7 Å². The molecule has 3 N–H and O–H groups in total. The van der Waals surface area contributed by atoms with Gasteiger partial charge < -0.3 is 20.2 Å². The molecular formula is C10H14N2O4. The Kier molecular flexibility index (Phi) is 4.53. The first-order chi connectivity index (χ1) is 7.65. The van der Waals surface area contributed by atoms with Gasteiger partial charge in [0.25, 0.3) is 0 Å². The summed E-state index contributed by atoms with van der Waals surface area (Å²) in [6, 6.07) is 1.40.